The fraction of sp³-hybridized carbons (Fsp3) is 0.444. The smallest absolute Gasteiger partial charge is 0.256 e. The van der Waals surface area contributed by atoms with Gasteiger partial charge in [-0.1, -0.05) is 46.7 Å². The first kappa shape index (κ1) is 17.1. The molecule has 0 saturated carbocycles. The van der Waals surface area contributed by atoms with Crippen LogP contribution in [0.4, 0.5) is 5.82 Å². The third kappa shape index (κ3) is 3.73. The van der Waals surface area contributed by atoms with Gasteiger partial charge in [0, 0.05) is 22.8 Å². The molecule has 0 radical (unpaired) electrons. The molecule has 0 atom stereocenters. The van der Waals surface area contributed by atoms with Gasteiger partial charge in [0.2, 0.25) is 0 Å². The summed E-state index contributed by atoms with van der Waals surface area (Å²) >= 11 is 0. The molecular weight excluding hydrogens is 292 g/mol. The Bertz CT molecular complexity index is 670. The van der Waals surface area contributed by atoms with Crippen molar-refractivity contribution in [3.05, 3.63) is 41.2 Å². The van der Waals surface area contributed by atoms with Gasteiger partial charge in [-0.05, 0) is 23.0 Å². The number of phenolic OH excluding ortho intramolecular Hbond substituents is 1. The molecule has 1 aromatic carbocycles. The minimum Gasteiger partial charge on any atom is -0.507 e. The van der Waals surface area contributed by atoms with Gasteiger partial charge in [-0.15, -0.1) is 0 Å². The van der Waals surface area contributed by atoms with Gasteiger partial charge in [-0.3, -0.25) is 4.79 Å². The van der Waals surface area contributed by atoms with Gasteiger partial charge < -0.3 is 14.9 Å². The van der Waals surface area contributed by atoms with E-state index in [2.05, 4.69) is 10.5 Å². The number of carbonyl (C=O) groups excluding carboxylic acids is 1. The summed E-state index contributed by atoms with van der Waals surface area (Å²) in [4.78, 5) is 12.5. The zero-order chi connectivity index (χ0) is 17.4. The summed E-state index contributed by atoms with van der Waals surface area (Å²) in [6, 6.07) is 5.05. The summed E-state index contributed by atoms with van der Waals surface area (Å²) in [6.07, 6.45) is 1.40. The van der Waals surface area contributed by atoms with Crippen LogP contribution in [0.15, 0.2) is 29.0 Å². The Kier molecular flexibility index (Phi) is 4.24. The minimum atomic E-state index is -0.283. The summed E-state index contributed by atoms with van der Waals surface area (Å²) in [5.41, 5.74) is 1.41. The maximum Gasteiger partial charge on any atom is 0.256 e. The molecule has 2 rings (SSSR count). The molecule has 23 heavy (non-hydrogen) atoms. The minimum absolute atomic E-state index is 0.253. The fourth-order valence-corrected chi connectivity index (χ4v) is 2.37. The predicted octanol–water partition coefficient (Wildman–Crippen LogP) is 4.23. The van der Waals surface area contributed by atoms with E-state index in [4.69, 9.17) is 4.52 Å². The molecular formula is C18H24N2O3. The van der Waals surface area contributed by atoms with Crippen molar-refractivity contribution in [2.75, 3.05) is 5.32 Å². The molecule has 0 saturated heterocycles. The quantitative estimate of drug-likeness (QED) is 0.869. The molecule has 0 spiro atoms. The first-order valence-corrected chi connectivity index (χ1v) is 7.60. The number of nitrogens with zero attached hydrogens (tertiary/aromatic N) is 1. The third-order valence-corrected chi connectivity index (χ3v) is 3.67. The van der Waals surface area contributed by atoms with Crippen LogP contribution in [0.25, 0.3) is 0 Å². The van der Waals surface area contributed by atoms with Crippen LogP contribution in [0.1, 0.15) is 63.0 Å². The van der Waals surface area contributed by atoms with Crippen molar-refractivity contribution in [1.29, 1.82) is 0 Å². The Labute approximate surface area is 136 Å². The topological polar surface area (TPSA) is 75.4 Å². The number of aromatic nitrogens is 1. The van der Waals surface area contributed by atoms with E-state index in [1.807, 2.05) is 41.5 Å². The van der Waals surface area contributed by atoms with E-state index >= 15 is 0 Å². The molecule has 5 heteroatoms. The molecule has 0 fully saturated rings. The van der Waals surface area contributed by atoms with E-state index in [1.54, 1.807) is 18.2 Å². The largest absolute Gasteiger partial charge is 0.507 e. The number of nitrogens with one attached hydrogen (secondary N) is 1. The molecule has 2 N–H and O–H groups in total. The average Bonchev–Trinajstić information content (AvgIpc) is 2.88. The standard InChI is InChI=1S/C18H24N2O3/c1-17(2,3)12-9-11(10-13(15(12)21)18(4,5)6)16(22)19-14-7-8-23-20-14/h7-10,21H,1-6H3,(H,19,20,22). The van der Waals surface area contributed by atoms with E-state index < -0.39 is 0 Å². The van der Waals surface area contributed by atoms with E-state index in [0.29, 0.717) is 11.4 Å². The molecule has 1 heterocycles. The monoisotopic (exact) mass is 316 g/mol. The van der Waals surface area contributed by atoms with Crippen LogP contribution in [0, 0.1) is 0 Å². The van der Waals surface area contributed by atoms with Crippen molar-refractivity contribution < 1.29 is 14.4 Å². The van der Waals surface area contributed by atoms with E-state index in [-0.39, 0.29) is 22.5 Å². The van der Waals surface area contributed by atoms with Gasteiger partial charge in [0.25, 0.3) is 5.91 Å². The Balaban J connectivity index is 2.53. The number of benzene rings is 1. The lowest BCUT2D eigenvalue weighted by atomic mass is 9.78. The normalized spacial score (nSPS) is 12.3. The molecule has 0 bridgehead atoms. The van der Waals surface area contributed by atoms with Gasteiger partial charge in [-0.25, -0.2) is 0 Å². The Morgan fingerprint density at radius 1 is 1.09 bits per heavy atom. The van der Waals surface area contributed by atoms with E-state index in [9.17, 15) is 9.90 Å². The zero-order valence-electron chi connectivity index (χ0n) is 14.5. The number of rotatable bonds is 2. The second-order valence-corrected chi connectivity index (χ2v) is 7.76. The van der Waals surface area contributed by atoms with Crippen LogP contribution in [-0.2, 0) is 10.8 Å². The molecule has 124 valence electrons. The van der Waals surface area contributed by atoms with E-state index in [0.717, 1.165) is 11.1 Å². The van der Waals surface area contributed by atoms with Gasteiger partial charge in [0.05, 0.1) is 0 Å². The molecule has 5 nitrogen and oxygen atoms in total. The maximum absolute atomic E-state index is 12.5. The van der Waals surface area contributed by atoms with Gasteiger partial charge >= 0.3 is 0 Å². The van der Waals surface area contributed by atoms with Crippen molar-refractivity contribution >= 4 is 11.7 Å². The summed E-state index contributed by atoms with van der Waals surface area (Å²) in [6.45, 7) is 12.0. The number of carbonyl (C=O) groups is 1. The second-order valence-electron chi connectivity index (χ2n) is 7.76. The van der Waals surface area contributed by atoms with Gasteiger partial charge in [-0.2, -0.15) is 0 Å². The molecule has 2 aromatic rings. The predicted molar refractivity (Wildman–Crippen MR) is 90.0 cm³/mol. The summed E-state index contributed by atoms with van der Waals surface area (Å²) in [5.74, 6) is 0.329. The molecule has 0 aliphatic carbocycles. The lowest BCUT2D eigenvalue weighted by Crippen LogP contribution is -2.20. The highest BCUT2D eigenvalue weighted by Gasteiger charge is 2.27. The van der Waals surface area contributed by atoms with E-state index in [1.165, 1.54) is 6.26 Å². The number of anilines is 1. The number of phenols is 1. The van der Waals surface area contributed by atoms with Crippen LogP contribution in [0.2, 0.25) is 0 Å². The van der Waals surface area contributed by atoms with Crippen LogP contribution in [0.5, 0.6) is 5.75 Å². The van der Waals surface area contributed by atoms with Crippen LogP contribution >= 0.6 is 0 Å². The van der Waals surface area contributed by atoms with Crippen molar-refractivity contribution in [1.82, 2.24) is 5.16 Å². The first-order chi connectivity index (χ1) is 10.5. The highest BCUT2D eigenvalue weighted by atomic mass is 16.5. The summed E-state index contributed by atoms with van der Waals surface area (Å²) < 4.78 is 4.72. The lowest BCUT2D eigenvalue weighted by Gasteiger charge is -2.28. The molecule has 0 aliphatic rings. The number of amides is 1. The van der Waals surface area contributed by atoms with Gasteiger partial charge in [0.15, 0.2) is 5.82 Å². The maximum atomic E-state index is 12.5. The van der Waals surface area contributed by atoms with Crippen molar-refractivity contribution in [3.63, 3.8) is 0 Å². The molecule has 0 unspecified atom stereocenters. The molecule has 1 aromatic heterocycles. The van der Waals surface area contributed by atoms with Crippen molar-refractivity contribution in [3.8, 4) is 5.75 Å². The first-order valence-electron chi connectivity index (χ1n) is 7.60. The van der Waals surface area contributed by atoms with Crippen molar-refractivity contribution in [2.24, 2.45) is 0 Å². The Morgan fingerprint density at radius 2 is 1.61 bits per heavy atom. The van der Waals surface area contributed by atoms with Crippen LogP contribution in [0.3, 0.4) is 0 Å². The third-order valence-electron chi connectivity index (χ3n) is 3.67. The van der Waals surface area contributed by atoms with Crippen LogP contribution in [-0.4, -0.2) is 16.2 Å². The Morgan fingerprint density at radius 3 is 2.00 bits per heavy atom. The lowest BCUT2D eigenvalue weighted by molar-refractivity contribution is 0.102. The fourth-order valence-electron chi connectivity index (χ4n) is 2.37. The second kappa shape index (κ2) is 5.72. The Hall–Kier alpha value is -2.30. The molecule has 0 aliphatic heterocycles. The van der Waals surface area contributed by atoms with Crippen molar-refractivity contribution in [2.45, 2.75) is 52.4 Å². The number of aromatic hydroxyl groups is 1. The van der Waals surface area contributed by atoms with Crippen LogP contribution < -0.4 is 5.32 Å². The highest BCUT2D eigenvalue weighted by molar-refractivity contribution is 6.04. The highest BCUT2D eigenvalue weighted by Crippen LogP contribution is 2.39. The zero-order valence-corrected chi connectivity index (χ0v) is 14.5. The van der Waals surface area contributed by atoms with Gasteiger partial charge in [0.1, 0.15) is 12.0 Å². The summed E-state index contributed by atoms with van der Waals surface area (Å²) in [7, 11) is 0. The average molecular weight is 316 g/mol. The number of hydrogen-bond donors (Lipinski definition) is 2. The summed E-state index contributed by atoms with van der Waals surface area (Å²) in [5, 5.41) is 17.0. The number of hydrogen-bond acceptors (Lipinski definition) is 4. The SMILES string of the molecule is CC(C)(C)c1cc(C(=O)Nc2ccon2)cc(C(C)(C)C)c1O. The molecule has 1 amide bonds.